The maximum atomic E-state index is 6.13. The largest absolute Gasteiger partial charge is 0.375 e. The van der Waals surface area contributed by atoms with Crippen LogP contribution in [-0.4, -0.2) is 0 Å². The number of nitrogens with zero attached hydrogens (tertiary/aromatic N) is 1. The minimum atomic E-state index is -0.115. The topological polar surface area (TPSA) is 24.4 Å². The zero-order valence-corrected chi connectivity index (χ0v) is 16.2. The molecule has 0 radical (unpaired) electrons. The van der Waals surface area contributed by atoms with Crippen molar-refractivity contribution < 1.29 is 0 Å². The Hall–Kier alpha value is -1.33. The first-order chi connectivity index (χ1) is 11.5. The van der Waals surface area contributed by atoms with E-state index in [0.29, 0.717) is 10.0 Å². The summed E-state index contributed by atoms with van der Waals surface area (Å²) in [5.74, 6) is 0. The van der Waals surface area contributed by atoms with Gasteiger partial charge in [-0.25, -0.2) is 4.99 Å². The molecule has 0 amide bonds. The Kier molecular flexibility index (Phi) is 3.96. The van der Waals surface area contributed by atoms with Gasteiger partial charge in [-0.2, -0.15) is 0 Å². The van der Waals surface area contributed by atoms with Crippen LogP contribution in [0, 0.1) is 0 Å². The zero-order chi connectivity index (χ0) is 16.9. The van der Waals surface area contributed by atoms with Crippen molar-refractivity contribution in [3.63, 3.8) is 0 Å². The predicted octanol–water partition coefficient (Wildman–Crippen LogP) is 6.68. The van der Waals surface area contributed by atoms with Crippen LogP contribution in [0.5, 0.6) is 0 Å². The summed E-state index contributed by atoms with van der Waals surface area (Å²) in [6.45, 7) is 4.40. The third kappa shape index (κ3) is 2.68. The second kappa shape index (κ2) is 5.88. The van der Waals surface area contributed by atoms with Gasteiger partial charge in [0.2, 0.25) is 0 Å². The predicted molar refractivity (Wildman–Crippen MR) is 106 cm³/mol. The van der Waals surface area contributed by atoms with Crippen LogP contribution in [0.3, 0.4) is 0 Å². The maximum Gasteiger partial charge on any atom is 0.135 e. The lowest BCUT2D eigenvalue weighted by Gasteiger charge is -2.33. The molecule has 0 aliphatic carbocycles. The summed E-state index contributed by atoms with van der Waals surface area (Å²) < 4.78 is 1.01. The van der Waals surface area contributed by atoms with Crippen molar-refractivity contribution >= 4 is 55.3 Å². The Morgan fingerprint density at radius 3 is 2.58 bits per heavy atom. The number of benzene rings is 2. The van der Waals surface area contributed by atoms with E-state index in [1.165, 1.54) is 16.0 Å². The molecule has 0 saturated carbocycles. The van der Waals surface area contributed by atoms with E-state index in [4.69, 9.17) is 28.2 Å². The summed E-state index contributed by atoms with van der Waals surface area (Å²) in [7, 11) is 3.47. The second-order valence-electron chi connectivity index (χ2n) is 6.18. The number of anilines is 1. The van der Waals surface area contributed by atoms with Crippen molar-refractivity contribution in [1.29, 1.82) is 0 Å². The van der Waals surface area contributed by atoms with Gasteiger partial charge in [0.25, 0.3) is 0 Å². The molecule has 0 bridgehead atoms. The highest BCUT2D eigenvalue weighted by Crippen LogP contribution is 2.45. The van der Waals surface area contributed by atoms with Gasteiger partial charge < -0.3 is 5.32 Å². The Balaban J connectivity index is 1.96. The molecule has 0 spiro atoms. The molecule has 1 N–H and O–H groups in total. The first-order valence-corrected chi connectivity index (χ1v) is 10.4. The minimum absolute atomic E-state index is 0.115. The van der Waals surface area contributed by atoms with Gasteiger partial charge in [0.1, 0.15) is 4.67 Å². The van der Waals surface area contributed by atoms with Crippen LogP contribution in [-0.2, 0) is 5.54 Å². The molecule has 1 aliphatic rings. The van der Waals surface area contributed by atoms with Crippen LogP contribution >= 0.6 is 43.9 Å². The average Bonchev–Trinajstić information content (AvgIpc) is 2.96. The minimum Gasteiger partial charge on any atom is -0.375 e. The lowest BCUT2D eigenvalue weighted by molar-refractivity contribution is 0.619. The van der Waals surface area contributed by atoms with Crippen LogP contribution in [0.1, 0.15) is 18.7 Å². The Labute approximate surface area is 157 Å². The highest BCUT2D eigenvalue weighted by molar-refractivity contribution is 7.68. The van der Waals surface area contributed by atoms with E-state index in [0.717, 1.165) is 16.0 Å². The molecule has 6 heteroatoms. The van der Waals surface area contributed by atoms with Crippen LogP contribution in [0.4, 0.5) is 11.4 Å². The molecule has 122 valence electrons. The summed E-state index contributed by atoms with van der Waals surface area (Å²) in [6.07, 6.45) is 0. The summed E-state index contributed by atoms with van der Waals surface area (Å²) in [5, 5.41) is 4.69. The van der Waals surface area contributed by atoms with Crippen molar-refractivity contribution in [3.05, 3.63) is 62.1 Å². The van der Waals surface area contributed by atoms with Crippen LogP contribution in [0.15, 0.2) is 47.5 Å². The number of hydrogen-bond donors (Lipinski definition) is 1. The number of nitrogens with one attached hydrogen (secondary N) is 1. The molecular formula is C18H14Cl2N2S2. The SMILES string of the molecule is CC1(C)Nc2ccccc2-c2c1ssc2=Nc1ccc(Cl)c(Cl)c1. The van der Waals surface area contributed by atoms with E-state index in [-0.39, 0.29) is 5.54 Å². The van der Waals surface area contributed by atoms with Crippen LogP contribution in [0.2, 0.25) is 10.0 Å². The lowest BCUT2D eigenvalue weighted by Crippen LogP contribution is -2.31. The van der Waals surface area contributed by atoms with Gasteiger partial charge in [-0.05, 0) is 38.1 Å². The van der Waals surface area contributed by atoms with Crippen molar-refractivity contribution in [2.75, 3.05) is 5.32 Å². The fourth-order valence-corrected chi connectivity index (χ4v) is 6.10. The van der Waals surface area contributed by atoms with Gasteiger partial charge in [0.05, 0.1) is 26.1 Å². The molecule has 0 saturated heterocycles. The molecular weight excluding hydrogens is 379 g/mol. The monoisotopic (exact) mass is 392 g/mol. The first-order valence-electron chi connectivity index (χ1n) is 7.47. The number of halogens is 2. The summed E-state index contributed by atoms with van der Waals surface area (Å²) in [4.78, 5) is 6.15. The molecule has 1 aliphatic heterocycles. The molecule has 0 unspecified atom stereocenters. The third-order valence-electron chi connectivity index (χ3n) is 3.99. The normalized spacial score (nSPS) is 15.6. The molecule has 2 heterocycles. The highest BCUT2D eigenvalue weighted by Gasteiger charge is 2.33. The Bertz CT molecular complexity index is 1000. The average molecular weight is 393 g/mol. The fraction of sp³-hybridized carbons (Fsp3) is 0.167. The van der Waals surface area contributed by atoms with E-state index >= 15 is 0 Å². The molecule has 24 heavy (non-hydrogen) atoms. The zero-order valence-electron chi connectivity index (χ0n) is 13.1. The van der Waals surface area contributed by atoms with E-state index < -0.39 is 0 Å². The maximum absolute atomic E-state index is 6.13. The van der Waals surface area contributed by atoms with Crippen molar-refractivity contribution in [1.82, 2.24) is 0 Å². The summed E-state index contributed by atoms with van der Waals surface area (Å²) in [5.41, 5.74) is 4.26. The van der Waals surface area contributed by atoms with Gasteiger partial charge in [-0.1, -0.05) is 62.1 Å². The lowest BCUT2D eigenvalue weighted by atomic mass is 9.90. The van der Waals surface area contributed by atoms with E-state index in [9.17, 15) is 0 Å². The van der Waals surface area contributed by atoms with E-state index in [1.807, 2.05) is 6.07 Å². The molecule has 2 aromatic carbocycles. The Morgan fingerprint density at radius 2 is 1.79 bits per heavy atom. The third-order valence-corrected chi connectivity index (χ3v) is 7.37. The van der Waals surface area contributed by atoms with Gasteiger partial charge in [-0.15, -0.1) is 0 Å². The second-order valence-corrected chi connectivity index (χ2v) is 9.12. The number of hydrogen-bond acceptors (Lipinski definition) is 4. The molecule has 0 atom stereocenters. The quantitative estimate of drug-likeness (QED) is 0.459. The van der Waals surface area contributed by atoms with Gasteiger partial charge in [0, 0.05) is 16.8 Å². The fourth-order valence-electron chi connectivity index (χ4n) is 2.87. The van der Waals surface area contributed by atoms with Gasteiger partial charge in [-0.3, -0.25) is 0 Å². The molecule has 2 nitrogen and oxygen atoms in total. The highest BCUT2D eigenvalue weighted by atomic mass is 35.5. The molecule has 0 fully saturated rings. The standard InChI is InChI=1S/C18H14Cl2N2S2/c1-18(2)16-15(11-5-3-4-6-14(11)22-18)17(24-23-16)21-10-7-8-12(19)13(20)9-10/h3-9,22H,1-2H3. The molecule has 3 aromatic rings. The van der Waals surface area contributed by atoms with E-state index in [2.05, 4.69) is 43.4 Å². The van der Waals surface area contributed by atoms with Gasteiger partial charge in [0.15, 0.2) is 0 Å². The smallest absolute Gasteiger partial charge is 0.135 e. The summed E-state index contributed by atoms with van der Waals surface area (Å²) >= 11 is 12.1. The Morgan fingerprint density at radius 1 is 1.00 bits per heavy atom. The number of rotatable bonds is 1. The van der Waals surface area contributed by atoms with Crippen LogP contribution in [0.25, 0.3) is 11.1 Å². The molecule has 1 aromatic heterocycles. The number of fused-ring (bicyclic) bond motifs is 3. The van der Waals surface area contributed by atoms with Crippen molar-refractivity contribution in [2.24, 2.45) is 4.99 Å². The van der Waals surface area contributed by atoms with Gasteiger partial charge >= 0.3 is 0 Å². The number of para-hydroxylation sites is 1. The van der Waals surface area contributed by atoms with Crippen LogP contribution < -0.4 is 9.99 Å². The van der Waals surface area contributed by atoms with Crippen molar-refractivity contribution in [3.8, 4) is 11.1 Å². The summed E-state index contributed by atoms with van der Waals surface area (Å²) in [6, 6.07) is 13.9. The van der Waals surface area contributed by atoms with Crippen molar-refractivity contribution in [2.45, 2.75) is 19.4 Å². The van der Waals surface area contributed by atoms with E-state index in [1.54, 1.807) is 32.8 Å². The molecule has 4 rings (SSSR count). The first kappa shape index (κ1) is 16.2.